The Morgan fingerprint density at radius 1 is 1.14 bits per heavy atom. The summed E-state index contributed by atoms with van der Waals surface area (Å²) in [5.74, 6) is 2.58. The zero-order valence-corrected chi connectivity index (χ0v) is 12.7. The highest BCUT2D eigenvalue weighted by molar-refractivity contribution is 7.98. The van der Waals surface area contributed by atoms with Gasteiger partial charge in [-0.05, 0) is 25.0 Å². The predicted octanol–water partition coefficient (Wildman–Crippen LogP) is 3.53. The first-order valence-corrected chi connectivity index (χ1v) is 8.16. The SMILES string of the molecule is Cn1c(SCc2ccc3ccccc3n2)nnc1C1CC1. The standard InChI is InChI=1S/C16H16N4S/c1-20-15(12-6-7-12)18-19-16(20)21-10-13-9-8-11-4-2-3-5-14(11)17-13/h2-5,8-9,12H,6-7,10H2,1H3. The number of rotatable bonds is 4. The summed E-state index contributed by atoms with van der Waals surface area (Å²) in [6.07, 6.45) is 2.51. The van der Waals surface area contributed by atoms with Gasteiger partial charge < -0.3 is 4.57 Å². The lowest BCUT2D eigenvalue weighted by Crippen LogP contribution is -1.97. The van der Waals surface area contributed by atoms with E-state index in [-0.39, 0.29) is 0 Å². The van der Waals surface area contributed by atoms with Crippen LogP contribution in [0.2, 0.25) is 0 Å². The molecule has 0 N–H and O–H groups in total. The molecule has 106 valence electrons. The van der Waals surface area contributed by atoms with E-state index in [9.17, 15) is 0 Å². The quantitative estimate of drug-likeness (QED) is 0.691. The Morgan fingerprint density at radius 2 is 2.00 bits per heavy atom. The Hall–Kier alpha value is -1.88. The molecular weight excluding hydrogens is 280 g/mol. The minimum Gasteiger partial charge on any atom is -0.309 e. The van der Waals surface area contributed by atoms with Gasteiger partial charge in [0.15, 0.2) is 5.16 Å². The molecule has 1 aliphatic rings. The third-order valence-corrected chi connectivity index (χ3v) is 4.87. The minimum absolute atomic E-state index is 0.635. The van der Waals surface area contributed by atoms with Crippen molar-refractivity contribution in [1.29, 1.82) is 0 Å². The van der Waals surface area contributed by atoms with Gasteiger partial charge in [-0.25, -0.2) is 0 Å². The Morgan fingerprint density at radius 3 is 2.86 bits per heavy atom. The van der Waals surface area contributed by atoms with Gasteiger partial charge in [0.1, 0.15) is 5.82 Å². The molecule has 1 aromatic carbocycles. The van der Waals surface area contributed by atoms with Gasteiger partial charge in [-0.3, -0.25) is 4.98 Å². The molecule has 21 heavy (non-hydrogen) atoms. The normalized spacial score (nSPS) is 14.7. The van der Waals surface area contributed by atoms with Gasteiger partial charge in [0.25, 0.3) is 0 Å². The summed E-state index contributed by atoms with van der Waals surface area (Å²) in [7, 11) is 2.06. The third kappa shape index (κ3) is 2.53. The molecule has 0 unspecified atom stereocenters. The molecule has 0 radical (unpaired) electrons. The van der Waals surface area contributed by atoms with Crippen molar-refractivity contribution in [2.75, 3.05) is 0 Å². The van der Waals surface area contributed by atoms with E-state index in [2.05, 4.69) is 46.1 Å². The molecular formula is C16H16N4S. The minimum atomic E-state index is 0.635. The molecule has 0 spiro atoms. The maximum Gasteiger partial charge on any atom is 0.191 e. The molecule has 2 aromatic heterocycles. The highest BCUT2D eigenvalue weighted by atomic mass is 32.2. The van der Waals surface area contributed by atoms with Gasteiger partial charge in [0.05, 0.1) is 11.2 Å². The monoisotopic (exact) mass is 296 g/mol. The van der Waals surface area contributed by atoms with E-state index in [0.29, 0.717) is 5.92 Å². The first kappa shape index (κ1) is 12.8. The van der Waals surface area contributed by atoms with E-state index in [1.165, 1.54) is 18.2 Å². The fourth-order valence-corrected chi connectivity index (χ4v) is 3.30. The van der Waals surface area contributed by atoms with Gasteiger partial charge >= 0.3 is 0 Å². The summed E-state index contributed by atoms with van der Waals surface area (Å²) in [6.45, 7) is 0. The molecule has 0 saturated heterocycles. The van der Waals surface area contributed by atoms with Gasteiger partial charge in [-0.2, -0.15) is 0 Å². The molecule has 1 fully saturated rings. The third-order valence-electron chi connectivity index (χ3n) is 3.82. The summed E-state index contributed by atoms with van der Waals surface area (Å²) in [4.78, 5) is 4.70. The number of hydrogen-bond acceptors (Lipinski definition) is 4. The fraction of sp³-hybridized carbons (Fsp3) is 0.312. The van der Waals surface area contributed by atoms with E-state index < -0.39 is 0 Å². The van der Waals surface area contributed by atoms with Crippen molar-refractivity contribution in [3.05, 3.63) is 47.9 Å². The zero-order chi connectivity index (χ0) is 14.2. The lowest BCUT2D eigenvalue weighted by Gasteiger charge is -2.04. The topological polar surface area (TPSA) is 43.6 Å². The van der Waals surface area contributed by atoms with Crippen LogP contribution in [0.3, 0.4) is 0 Å². The molecule has 4 rings (SSSR count). The van der Waals surface area contributed by atoms with Gasteiger partial charge in [0, 0.05) is 24.1 Å². The highest BCUT2D eigenvalue weighted by Crippen LogP contribution is 2.39. The number of thioether (sulfide) groups is 1. The van der Waals surface area contributed by atoms with Crippen LogP contribution >= 0.6 is 11.8 Å². The largest absolute Gasteiger partial charge is 0.309 e. The first-order chi connectivity index (χ1) is 10.3. The van der Waals surface area contributed by atoms with Crippen molar-refractivity contribution in [1.82, 2.24) is 19.7 Å². The van der Waals surface area contributed by atoms with Crippen molar-refractivity contribution in [2.24, 2.45) is 7.05 Å². The lowest BCUT2D eigenvalue weighted by atomic mass is 10.2. The molecule has 0 atom stereocenters. The lowest BCUT2D eigenvalue weighted by molar-refractivity contribution is 0.736. The van der Waals surface area contributed by atoms with Crippen LogP contribution in [-0.4, -0.2) is 19.7 Å². The Labute approximate surface area is 127 Å². The molecule has 5 heteroatoms. The zero-order valence-electron chi connectivity index (χ0n) is 11.9. The summed E-state index contributed by atoms with van der Waals surface area (Å²) in [5, 5.41) is 10.8. The van der Waals surface area contributed by atoms with Crippen molar-refractivity contribution >= 4 is 22.7 Å². The van der Waals surface area contributed by atoms with Crippen molar-refractivity contribution in [3.63, 3.8) is 0 Å². The van der Waals surface area contributed by atoms with E-state index in [0.717, 1.165) is 27.9 Å². The van der Waals surface area contributed by atoms with Crippen molar-refractivity contribution in [2.45, 2.75) is 29.7 Å². The van der Waals surface area contributed by atoms with Crippen LogP contribution in [0, 0.1) is 0 Å². The highest BCUT2D eigenvalue weighted by Gasteiger charge is 2.29. The Kier molecular flexibility index (Phi) is 3.15. The molecule has 4 nitrogen and oxygen atoms in total. The smallest absolute Gasteiger partial charge is 0.191 e. The average Bonchev–Trinajstić information content (AvgIpc) is 3.29. The van der Waals surface area contributed by atoms with E-state index in [1.807, 2.05) is 12.1 Å². The van der Waals surface area contributed by atoms with E-state index in [1.54, 1.807) is 11.8 Å². The molecule has 3 aromatic rings. The van der Waals surface area contributed by atoms with Crippen LogP contribution in [0.5, 0.6) is 0 Å². The maximum atomic E-state index is 4.70. The van der Waals surface area contributed by atoms with Crippen LogP contribution in [0.1, 0.15) is 30.3 Å². The van der Waals surface area contributed by atoms with Gasteiger partial charge in [-0.1, -0.05) is 36.0 Å². The number of pyridine rings is 1. The van der Waals surface area contributed by atoms with Crippen LogP contribution in [0.25, 0.3) is 10.9 Å². The summed E-state index contributed by atoms with van der Waals surface area (Å²) >= 11 is 1.70. The number of para-hydroxylation sites is 1. The van der Waals surface area contributed by atoms with E-state index in [4.69, 9.17) is 4.98 Å². The first-order valence-electron chi connectivity index (χ1n) is 7.18. The number of nitrogens with zero attached hydrogens (tertiary/aromatic N) is 4. The molecule has 2 heterocycles. The Balaban J connectivity index is 1.52. The number of hydrogen-bond donors (Lipinski definition) is 0. The van der Waals surface area contributed by atoms with Gasteiger partial charge in [0.2, 0.25) is 0 Å². The van der Waals surface area contributed by atoms with Gasteiger partial charge in [-0.15, -0.1) is 10.2 Å². The summed E-state index contributed by atoms with van der Waals surface area (Å²) in [5.41, 5.74) is 2.13. The number of aromatic nitrogens is 4. The predicted molar refractivity (Wildman–Crippen MR) is 84.3 cm³/mol. The van der Waals surface area contributed by atoms with Crippen LogP contribution < -0.4 is 0 Å². The average molecular weight is 296 g/mol. The molecule has 0 amide bonds. The van der Waals surface area contributed by atoms with E-state index >= 15 is 0 Å². The van der Waals surface area contributed by atoms with Crippen LogP contribution in [0.4, 0.5) is 0 Å². The van der Waals surface area contributed by atoms with Crippen molar-refractivity contribution in [3.8, 4) is 0 Å². The maximum absolute atomic E-state index is 4.70. The second-order valence-electron chi connectivity index (χ2n) is 5.46. The van der Waals surface area contributed by atoms with Crippen LogP contribution in [0.15, 0.2) is 41.6 Å². The van der Waals surface area contributed by atoms with Crippen molar-refractivity contribution < 1.29 is 0 Å². The second kappa shape index (κ2) is 5.15. The Bertz CT molecular complexity index is 792. The molecule has 1 aliphatic carbocycles. The fourth-order valence-electron chi connectivity index (χ4n) is 2.48. The summed E-state index contributed by atoms with van der Waals surface area (Å²) in [6, 6.07) is 12.4. The second-order valence-corrected chi connectivity index (χ2v) is 6.40. The number of benzene rings is 1. The molecule has 1 saturated carbocycles. The molecule has 0 aliphatic heterocycles. The van der Waals surface area contributed by atoms with Crippen LogP contribution in [-0.2, 0) is 12.8 Å². The number of fused-ring (bicyclic) bond motifs is 1. The molecule has 0 bridgehead atoms. The summed E-state index contributed by atoms with van der Waals surface area (Å²) < 4.78 is 2.13.